The number of hydrogen-bond donors (Lipinski definition) is 1. The zero-order chi connectivity index (χ0) is 23.6. The van der Waals surface area contributed by atoms with Crippen molar-refractivity contribution in [1.82, 2.24) is 0 Å². The molecule has 4 rings (SSSR count). The summed E-state index contributed by atoms with van der Waals surface area (Å²) in [6.07, 6.45) is -3.56. The minimum absolute atomic E-state index is 0.270. The van der Waals surface area contributed by atoms with Gasteiger partial charge >= 0.3 is 0 Å². The lowest BCUT2D eigenvalue weighted by molar-refractivity contribution is -0.313. The summed E-state index contributed by atoms with van der Waals surface area (Å²) in [6.45, 7) is 1.41. The van der Waals surface area contributed by atoms with Crippen molar-refractivity contribution in [3.05, 3.63) is 108 Å². The van der Waals surface area contributed by atoms with Gasteiger partial charge in [-0.3, -0.25) is 0 Å². The van der Waals surface area contributed by atoms with Crippen molar-refractivity contribution < 1.29 is 28.8 Å². The largest absolute Gasteiger partial charge is 0.385 e. The summed E-state index contributed by atoms with van der Waals surface area (Å²) >= 11 is 0. The molecule has 180 valence electrons. The fraction of sp³-hybridized carbons (Fsp3) is 0.357. The Bertz CT molecular complexity index is 952. The number of benzene rings is 3. The Morgan fingerprint density at radius 1 is 0.676 bits per heavy atom. The van der Waals surface area contributed by atoms with Crippen molar-refractivity contribution >= 4 is 0 Å². The smallest absolute Gasteiger partial charge is 0.186 e. The van der Waals surface area contributed by atoms with Gasteiger partial charge in [0.15, 0.2) is 6.29 Å². The van der Waals surface area contributed by atoms with Crippen molar-refractivity contribution in [3.8, 4) is 0 Å². The second kappa shape index (κ2) is 12.8. The molecule has 5 atom stereocenters. The van der Waals surface area contributed by atoms with E-state index in [1.54, 1.807) is 0 Å². The molecule has 0 spiro atoms. The molecule has 0 aliphatic carbocycles. The standard InChI is InChI=1S/C28H32O6/c1-30-28-25(29)27(33-19-23-15-9-4-10-16-23)26(32-18-22-13-7-3-8-14-22)24(34-28)20-31-17-21-11-5-2-6-12-21/h2-16,24-29H,17-20H2,1H3/t24?,25?,26-,27?,28-/m1/s1. The Morgan fingerprint density at radius 3 is 1.65 bits per heavy atom. The average Bonchev–Trinajstić information content (AvgIpc) is 2.89. The molecule has 3 aromatic rings. The second-order valence-corrected chi connectivity index (χ2v) is 8.29. The molecule has 3 unspecified atom stereocenters. The van der Waals surface area contributed by atoms with Gasteiger partial charge in [0.2, 0.25) is 0 Å². The number of aliphatic hydroxyl groups is 1. The molecule has 1 fully saturated rings. The van der Waals surface area contributed by atoms with Gasteiger partial charge in [0.25, 0.3) is 0 Å². The lowest BCUT2D eigenvalue weighted by atomic mass is 9.98. The summed E-state index contributed by atoms with van der Waals surface area (Å²) in [7, 11) is 1.51. The van der Waals surface area contributed by atoms with Gasteiger partial charge in [-0.25, -0.2) is 0 Å². The van der Waals surface area contributed by atoms with Crippen molar-refractivity contribution in [2.24, 2.45) is 0 Å². The summed E-state index contributed by atoms with van der Waals surface area (Å²) in [5.74, 6) is 0. The number of rotatable bonds is 11. The molecule has 0 aromatic heterocycles. The third-order valence-electron chi connectivity index (χ3n) is 5.81. The Balaban J connectivity index is 1.48. The molecule has 0 bridgehead atoms. The molecular formula is C28H32O6. The van der Waals surface area contributed by atoms with E-state index in [0.29, 0.717) is 19.8 Å². The first kappa shape index (κ1) is 24.5. The van der Waals surface area contributed by atoms with Crippen LogP contribution in [0.3, 0.4) is 0 Å². The predicted octanol–water partition coefficient (Wildman–Crippen LogP) is 4.11. The predicted molar refractivity (Wildman–Crippen MR) is 128 cm³/mol. The van der Waals surface area contributed by atoms with Crippen molar-refractivity contribution in [2.45, 2.75) is 50.5 Å². The molecule has 6 nitrogen and oxygen atoms in total. The number of ether oxygens (including phenoxy) is 5. The van der Waals surface area contributed by atoms with Crippen molar-refractivity contribution in [1.29, 1.82) is 0 Å². The first-order chi connectivity index (χ1) is 16.7. The third kappa shape index (κ3) is 6.73. The summed E-state index contributed by atoms with van der Waals surface area (Å²) in [6, 6.07) is 29.7. The van der Waals surface area contributed by atoms with Gasteiger partial charge in [-0.15, -0.1) is 0 Å². The molecule has 3 aromatic carbocycles. The first-order valence-corrected chi connectivity index (χ1v) is 11.5. The summed E-state index contributed by atoms with van der Waals surface area (Å²) < 4.78 is 30.0. The Hall–Kier alpha value is -2.58. The van der Waals surface area contributed by atoms with E-state index in [9.17, 15) is 5.11 Å². The molecular weight excluding hydrogens is 432 g/mol. The molecule has 0 radical (unpaired) electrons. The van der Waals surface area contributed by atoms with Gasteiger partial charge in [-0.05, 0) is 16.7 Å². The van der Waals surface area contributed by atoms with Gasteiger partial charge < -0.3 is 28.8 Å². The molecule has 1 aliphatic rings. The SMILES string of the molecule is CO[C@@H]1OC(COCc2ccccc2)[C@@H](OCc2ccccc2)C(OCc2ccccc2)C1O. The zero-order valence-corrected chi connectivity index (χ0v) is 19.4. The number of aliphatic hydroxyl groups excluding tert-OH is 1. The highest BCUT2D eigenvalue weighted by Gasteiger charge is 2.47. The van der Waals surface area contributed by atoms with Crippen LogP contribution in [0.15, 0.2) is 91.0 Å². The lowest BCUT2D eigenvalue weighted by Crippen LogP contribution is -2.60. The maximum absolute atomic E-state index is 11.0. The van der Waals surface area contributed by atoms with Crippen LogP contribution >= 0.6 is 0 Å². The van der Waals surface area contributed by atoms with Gasteiger partial charge in [-0.1, -0.05) is 91.0 Å². The van der Waals surface area contributed by atoms with Crippen LogP contribution in [0.5, 0.6) is 0 Å². The van der Waals surface area contributed by atoms with Gasteiger partial charge in [0.1, 0.15) is 24.4 Å². The van der Waals surface area contributed by atoms with Gasteiger partial charge in [0.05, 0.1) is 26.4 Å². The third-order valence-corrected chi connectivity index (χ3v) is 5.81. The highest BCUT2D eigenvalue weighted by atomic mass is 16.7. The Labute approximate surface area is 201 Å². The monoisotopic (exact) mass is 464 g/mol. The molecule has 34 heavy (non-hydrogen) atoms. The normalized spacial score (nSPS) is 24.7. The summed E-state index contributed by atoms with van der Waals surface area (Å²) in [5, 5.41) is 11.0. The van der Waals surface area contributed by atoms with Crippen LogP contribution in [0, 0.1) is 0 Å². The first-order valence-electron chi connectivity index (χ1n) is 11.5. The van der Waals surface area contributed by atoms with E-state index in [-0.39, 0.29) is 6.61 Å². The minimum atomic E-state index is -1.01. The second-order valence-electron chi connectivity index (χ2n) is 8.29. The van der Waals surface area contributed by atoms with E-state index >= 15 is 0 Å². The van der Waals surface area contributed by atoms with E-state index in [2.05, 4.69) is 0 Å². The van der Waals surface area contributed by atoms with Crippen LogP contribution in [0.25, 0.3) is 0 Å². The van der Waals surface area contributed by atoms with E-state index in [1.165, 1.54) is 7.11 Å². The highest BCUT2D eigenvalue weighted by Crippen LogP contribution is 2.28. The molecule has 0 saturated carbocycles. The zero-order valence-electron chi connectivity index (χ0n) is 19.4. The van der Waals surface area contributed by atoms with E-state index in [1.807, 2.05) is 91.0 Å². The quantitative estimate of drug-likeness (QED) is 0.461. The van der Waals surface area contributed by atoms with Gasteiger partial charge in [0, 0.05) is 7.11 Å². The Kier molecular flexibility index (Phi) is 9.21. The van der Waals surface area contributed by atoms with Crippen LogP contribution in [0.1, 0.15) is 16.7 Å². The van der Waals surface area contributed by atoms with Crippen molar-refractivity contribution in [3.63, 3.8) is 0 Å². The molecule has 1 aliphatic heterocycles. The molecule has 6 heteroatoms. The fourth-order valence-corrected chi connectivity index (χ4v) is 4.02. The maximum Gasteiger partial charge on any atom is 0.186 e. The lowest BCUT2D eigenvalue weighted by Gasteiger charge is -2.43. The molecule has 1 heterocycles. The topological polar surface area (TPSA) is 66.4 Å². The van der Waals surface area contributed by atoms with Crippen LogP contribution < -0.4 is 0 Å². The average molecular weight is 465 g/mol. The maximum atomic E-state index is 11.0. The van der Waals surface area contributed by atoms with E-state index < -0.39 is 30.7 Å². The Morgan fingerprint density at radius 2 is 1.15 bits per heavy atom. The van der Waals surface area contributed by atoms with Crippen molar-refractivity contribution in [2.75, 3.05) is 13.7 Å². The van der Waals surface area contributed by atoms with E-state index in [4.69, 9.17) is 23.7 Å². The van der Waals surface area contributed by atoms with Gasteiger partial charge in [-0.2, -0.15) is 0 Å². The van der Waals surface area contributed by atoms with Crippen LogP contribution in [-0.2, 0) is 43.5 Å². The molecule has 0 amide bonds. The highest BCUT2D eigenvalue weighted by molar-refractivity contribution is 5.15. The fourth-order valence-electron chi connectivity index (χ4n) is 4.02. The van der Waals surface area contributed by atoms with E-state index in [0.717, 1.165) is 16.7 Å². The number of methoxy groups -OCH3 is 1. The molecule has 1 N–H and O–H groups in total. The minimum Gasteiger partial charge on any atom is -0.385 e. The van der Waals surface area contributed by atoms with Crippen LogP contribution in [-0.4, -0.2) is 49.5 Å². The van der Waals surface area contributed by atoms with Crippen LogP contribution in [0.4, 0.5) is 0 Å². The number of hydrogen-bond acceptors (Lipinski definition) is 6. The molecule has 1 saturated heterocycles. The summed E-state index contributed by atoms with van der Waals surface area (Å²) in [5.41, 5.74) is 3.10. The summed E-state index contributed by atoms with van der Waals surface area (Å²) in [4.78, 5) is 0. The van der Waals surface area contributed by atoms with Crippen LogP contribution in [0.2, 0.25) is 0 Å².